The first-order valence-corrected chi connectivity index (χ1v) is 2.39. The highest BCUT2D eigenvalue weighted by atomic mass is 16.4. The summed E-state index contributed by atoms with van der Waals surface area (Å²) in [5.41, 5.74) is 2.83. The second kappa shape index (κ2) is 3.14. The molecule has 0 aliphatic carbocycles. The zero-order chi connectivity index (χ0) is 8.31. The number of carboxylic acids is 2. The average molecular weight is 148 g/mol. The minimum atomic E-state index is -2.11. The molecule has 6 nitrogen and oxygen atoms in total. The molecule has 0 bridgehead atoms. The average Bonchev–Trinajstić information content (AvgIpc) is 1.84. The Hall–Kier alpha value is -1.14. The molecule has 0 unspecified atom stereocenters. The van der Waals surface area contributed by atoms with E-state index < -0.39 is 24.1 Å². The van der Waals surface area contributed by atoms with E-state index in [1.807, 2.05) is 0 Å². The molecule has 10 heavy (non-hydrogen) atoms. The molecule has 0 saturated carbocycles. The summed E-state index contributed by atoms with van der Waals surface area (Å²) in [7, 11) is 0. The molecule has 0 aromatic heterocycles. The third-order valence-corrected chi connectivity index (χ3v) is 0.925. The first-order chi connectivity index (χ1) is 4.46. The molecular weight excluding hydrogens is 142 g/mol. The predicted octanol–water partition coefficient (Wildman–Crippen LogP) is -5.54. The number of aliphatic carboxylic acids is 2. The van der Waals surface area contributed by atoms with Gasteiger partial charge in [-0.15, -0.1) is 0 Å². The van der Waals surface area contributed by atoms with Gasteiger partial charge >= 0.3 is 0 Å². The van der Waals surface area contributed by atoms with Crippen LogP contribution in [0.1, 0.15) is 0 Å². The standard InChI is InChI=1S/C4H7NO5/c5-1(3(7)8)2(6)4(9)10/h1-2,6H,5H2,(H,7,8)(H,9,10)/p-1/t1-,2+/m1/s1. The van der Waals surface area contributed by atoms with E-state index in [1.165, 1.54) is 0 Å². The number of quaternary nitrogens is 1. The summed E-state index contributed by atoms with van der Waals surface area (Å²) in [6.45, 7) is 0. The van der Waals surface area contributed by atoms with Crippen LogP contribution in [0.25, 0.3) is 0 Å². The second-order valence-corrected chi connectivity index (χ2v) is 1.69. The van der Waals surface area contributed by atoms with Crippen LogP contribution < -0.4 is 15.9 Å². The van der Waals surface area contributed by atoms with Gasteiger partial charge in [-0.25, -0.2) is 0 Å². The molecule has 0 aromatic carbocycles. The molecule has 0 saturated heterocycles. The molecule has 0 aromatic rings. The maximum atomic E-state index is 9.82. The van der Waals surface area contributed by atoms with E-state index >= 15 is 0 Å². The number of hydrogen-bond acceptors (Lipinski definition) is 5. The monoisotopic (exact) mass is 148 g/mol. The van der Waals surface area contributed by atoms with Crippen LogP contribution in [-0.2, 0) is 9.59 Å². The highest BCUT2D eigenvalue weighted by Crippen LogP contribution is 1.83. The van der Waals surface area contributed by atoms with Gasteiger partial charge in [0.15, 0.2) is 12.1 Å². The Balaban J connectivity index is 4.07. The van der Waals surface area contributed by atoms with Crippen molar-refractivity contribution in [2.45, 2.75) is 12.1 Å². The Morgan fingerprint density at radius 3 is 1.80 bits per heavy atom. The minimum absolute atomic E-state index is 1.69. The lowest BCUT2D eigenvalue weighted by atomic mass is 10.2. The van der Waals surface area contributed by atoms with Gasteiger partial charge < -0.3 is 30.6 Å². The van der Waals surface area contributed by atoms with Crippen molar-refractivity contribution in [1.29, 1.82) is 0 Å². The Labute approximate surface area is 55.9 Å². The molecule has 6 heteroatoms. The van der Waals surface area contributed by atoms with Crippen molar-refractivity contribution in [2.24, 2.45) is 0 Å². The third kappa shape index (κ3) is 2.00. The van der Waals surface area contributed by atoms with E-state index in [0.717, 1.165) is 0 Å². The Bertz CT molecular complexity index is 138. The van der Waals surface area contributed by atoms with Crippen LogP contribution in [0.15, 0.2) is 0 Å². The topological polar surface area (TPSA) is 128 Å². The van der Waals surface area contributed by atoms with E-state index in [1.54, 1.807) is 0 Å². The van der Waals surface area contributed by atoms with Crippen molar-refractivity contribution < 1.29 is 30.6 Å². The lowest BCUT2D eigenvalue weighted by molar-refractivity contribution is -0.454. The van der Waals surface area contributed by atoms with Gasteiger partial charge in [-0.2, -0.15) is 0 Å². The summed E-state index contributed by atoms with van der Waals surface area (Å²) in [6.07, 6.45) is -2.11. The molecular formula is C4H6NO5-. The lowest BCUT2D eigenvalue weighted by Gasteiger charge is -2.16. The predicted molar refractivity (Wildman–Crippen MR) is 22.7 cm³/mol. The van der Waals surface area contributed by atoms with Gasteiger partial charge in [0, 0.05) is 0 Å². The zero-order valence-corrected chi connectivity index (χ0v) is 4.94. The highest BCUT2D eigenvalue weighted by Gasteiger charge is 2.19. The van der Waals surface area contributed by atoms with Gasteiger partial charge in [0.05, 0.1) is 5.97 Å². The van der Waals surface area contributed by atoms with Crippen LogP contribution in [0.4, 0.5) is 0 Å². The lowest BCUT2D eigenvalue weighted by Crippen LogP contribution is -2.75. The first-order valence-electron chi connectivity index (χ1n) is 2.39. The van der Waals surface area contributed by atoms with Crippen molar-refractivity contribution >= 4 is 11.9 Å². The van der Waals surface area contributed by atoms with E-state index in [0.29, 0.717) is 0 Å². The Kier molecular flexibility index (Phi) is 2.78. The number of carbonyl (C=O) groups excluding carboxylic acids is 2. The quantitative estimate of drug-likeness (QED) is 0.412. The van der Waals surface area contributed by atoms with Crippen LogP contribution in [0.5, 0.6) is 0 Å². The molecule has 0 radical (unpaired) electrons. The van der Waals surface area contributed by atoms with Crippen molar-refractivity contribution in [2.75, 3.05) is 0 Å². The largest absolute Gasteiger partial charge is 0.547 e. The molecule has 0 aliphatic rings. The number of rotatable bonds is 3. The normalized spacial score (nSPS) is 15.8. The summed E-state index contributed by atoms with van der Waals surface area (Å²) in [4.78, 5) is 19.6. The van der Waals surface area contributed by atoms with Crippen LogP contribution in [0, 0.1) is 0 Å². The molecule has 0 heterocycles. The number of hydrogen-bond donors (Lipinski definition) is 2. The van der Waals surface area contributed by atoms with Gasteiger partial charge in [-0.1, -0.05) is 0 Å². The molecule has 0 amide bonds. The fourth-order valence-electron chi connectivity index (χ4n) is 0.293. The molecule has 0 fully saturated rings. The molecule has 0 spiro atoms. The second-order valence-electron chi connectivity index (χ2n) is 1.69. The van der Waals surface area contributed by atoms with Crippen molar-refractivity contribution in [1.82, 2.24) is 0 Å². The molecule has 0 rings (SSSR count). The van der Waals surface area contributed by atoms with Gasteiger partial charge in [0.2, 0.25) is 0 Å². The van der Waals surface area contributed by atoms with Gasteiger partial charge in [0.1, 0.15) is 5.97 Å². The van der Waals surface area contributed by atoms with E-state index in [2.05, 4.69) is 5.73 Å². The summed E-state index contributed by atoms with van der Waals surface area (Å²) in [5.74, 6) is -3.60. The first kappa shape index (κ1) is 8.86. The number of aliphatic hydroxyl groups excluding tert-OH is 1. The smallest absolute Gasteiger partial charge is 0.156 e. The maximum Gasteiger partial charge on any atom is 0.156 e. The van der Waals surface area contributed by atoms with Crippen LogP contribution >= 0.6 is 0 Å². The fraction of sp³-hybridized carbons (Fsp3) is 0.500. The SMILES string of the molecule is [NH3+][C@@H](C(=O)[O-])[C@H](O)C(=O)[O-]. The summed E-state index contributed by atoms with van der Waals surface area (Å²) < 4.78 is 0. The van der Waals surface area contributed by atoms with Crippen LogP contribution in [-0.4, -0.2) is 29.2 Å². The summed E-state index contributed by atoms with van der Waals surface area (Å²) in [5, 5.41) is 28.0. The zero-order valence-electron chi connectivity index (χ0n) is 4.94. The number of carboxylic acid groups (broad SMARTS) is 2. The third-order valence-electron chi connectivity index (χ3n) is 0.925. The maximum absolute atomic E-state index is 9.82. The Morgan fingerprint density at radius 2 is 1.70 bits per heavy atom. The van der Waals surface area contributed by atoms with Crippen molar-refractivity contribution in [3.8, 4) is 0 Å². The molecule has 2 atom stereocenters. The van der Waals surface area contributed by atoms with E-state index in [4.69, 9.17) is 5.11 Å². The van der Waals surface area contributed by atoms with Crippen LogP contribution in [0.2, 0.25) is 0 Å². The minimum Gasteiger partial charge on any atom is -0.547 e. The van der Waals surface area contributed by atoms with E-state index in [-0.39, 0.29) is 0 Å². The number of aliphatic hydroxyl groups is 1. The molecule has 0 aliphatic heterocycles. The Morgan fingerprint density at radius 1 is 1.30 bits per heavy atom. The highest BCUT2D eigenvalue weighted by molar-refractivity contribution is 5.80. The van der Waals surface area contributed by atoms with Crippen LogP contribution in [0.3, 0.4) is 0 Å². The van der Waals surface area contributed by atoms with E-state index in [9.17, 15) is 19.8 Å². The van der Waals surface area contributed by atoms with Crippen molar-refractivity contribution in [3.05, 3.63) is 0 Å². The van der Waals surface area contributed by atoms with Gasteiger partial charge in [-0.05, 0) is 0 Å². The number of carbonyl (C=O) groups is 2. The molecule has 4 N–H and O–H groups in total. The summed E-state index contributed by atoms with van der Waals surface area (Å²) in [6, 6.07) is -1.69. The van der Waals surface area contributed by atoms with Gasteiger partial charge in [0.25, 0.3) is 0 Å². The van der Waals surface area contributed by atoms with Gasteiger partial charge in [-0.3, -0.25) is 0 Å². The fourth-order valence-corrected chi connectivity index (χ4v) is 0.293. The molecule has 58 valence electrons. The van der Waals surface area contributed by atoms with Crippen molar-refractivity contribution in [3.63, 3.8) is 0 Å². The summed E-state index contributed by atoms with van der Waals surface area (Å²) >= 11 is 0.